The summed E-state index contributed by atoms with van der Waals surface area (Å²) >= 11 is 12.0. The molecule has 2 aromatic carbocycles. The van der Waals surface area contributed by atoms with Gasteiger partial charge in [-0.25, -0.2) is 0 Å². The quantitative estimate of drug-likeness (QED) is 0.637. The number of aryl methyl sites for hydroxylation is 3. The van der Waals surface area contributed by atoms with E-state index in [9.17, 15) is 4.79 Å². The molecule has 0 heterocycles. The molecule has 1 aliphatic carbocycles. The molecule has 0 spiro atoms. The zero-order valence-corrected chi connectivity index (χ0v) is 16.7. The number of carbonyl (C=O) groups excluding carboxylic acids is 1. The smallest absolute Gasteiger partial charge is 0.220 e. The molecule has 1 aliphatic rings. The molecule has 2 aromatic rings. The number of halogens is 2. The molecule has 3 rings (SSSR count). The first-order valence-corrected chi connectivity index (χ1v) is 10.2. The summed E-state index contributed by atoms with van der Waals surface area (Å²) in [5.74, 6) is 0.0700. The summed E-state index contributed by atoms with van der Waals surface area (Å²) in [5.41, 5.74) is 5.17. The van der Waals surface area contributed by atoms with Crippen molar-refractivity contribution < 1.29 is 4.79 Å². The van der Waals surface area contributed by atoms with Crippen LogP contribution in [0.4, 0.5) is 0 Å². The van der Waals surface area contributed by atoms with E-state index in [0.717, 1.165) is 18.4 Å². The molecule has 0 saturated carbocycles. The normalized spacial score (nSPS) is 14.6. The molecule has 1 atom stereocenters. The maximum absolute atomic E-state index is 12.4. The molecule has 1 unspecified atom stereocenters. The second kappa shape index (κ2) is 8.92. The predicted octanol–water partition coefficient (Wildman–Crippen LogP) is 6.07. The Morgan fingerprint density at radius 1 is 1.04 bits per heavy atom. The number of benzene rings is 2. The topological polar surface area (TPSA) is 29.1 Å². The first kappa shape index (κ1) is 19.3. The van der Waals surface area contributed by atoms with Gasteiger partial charge >= 0.3 is 0 Å². The summed E-state index contributed by atoms with van der Waals surface area (Å²) in [6, 6.07) is 12.3. The van der Waals surface area contributed by atoms with Crippen molar-refractivity contribution in [2.45, 2.75) is 57.9 Å². The summed E-state index contributed by atoms with van der Waals surface area (Å²) in [4.78, 5) is 12.4. The van der Waals surface area contributed by atoms with Crippen LogP contribution >= 0.6 is 23.2 Å². The maximum atomic E-state index is 12.4. The molecule has 0 fully saturated rings. The van der Waals surface area contributed by atoms with Gasteiger partial charge < -0.3 is 5.32 Å². The van der Waals surface area contributed by atoms with Gasteiger partial charge in [0, 0.05) is 6.42 Å². The van der Waals surface area contributed by atoms with E-state index in [1.165, 1.54) is 36.0 Å². The zero-order valence-electron chi connectivity index (χ0n) is 15.2. The number of amides is 1. The molecule has 1 N–H and O–H groups in total. The lowest BCUT2D eigenvalue weighted by Gasteiger charge is -2.22. The third kappa shape index (κ3) is 4.81. The minimum Gasteiger partial charge on any atom is -0.349 e. The highest BCUT2D eigenvalue weighted by atomic mass is 35.5. The van der Waals surface area contributed by atoms with Crippen LogP contribution in [0.5, 0.6) is 0 Å². The average Bonchev–Trinajstić information content (AvgIpc) is 2.66. The van der Waals surface area contributed by atoms with Gasteiger partial charge in [-0.05, 0) is 72.9 Å². The fourth-order valence-corrected chi connectivity index (χ4v) is 3.93. The van der Waals surface area contributed by atoms with E-state index < -0.39 is 0 Å². The standard InChI is InChI=1S/C22H25Cl2NO/c1-2-21(18-10-9-16-5-3-4-6-17(16)14-18)25-22(26)12-8-15-7-11-19(23)20(24)13-15/h7,9-11,13-14,21H,2-6,8,12H2,1H3,(H,25,26). The fourth-order valence-electron chi connectivity index (χ4n) is 3.61. The summed E-state index contributed by atoms with van der Waals surface area (Å²) in [6.45, 7) is 2.11. The van der Waals surface area contributed by atoms with Crippen molar-refractivity contribution in [1.29, 1.82) is 0 Å². The van der Waals surface area contributed by atoms with Crippen LogP contribution in [0.3, 0.4) is 0 Å². The van der Waals surface area contributed by atoms with Gasteiger partial charge in [-0.3, -0.25) is 4.79 Å². The molecule has 0 radical (unpaired) electrons. The molecule has 26 heavy (non-hydrogen) atoms. The summed E-state index contributed by atoms with van der Waals surface area (Å²) < 4.78 is 0. The molecule has 4 heteroatoms. The van der Waals surface area contributed by atoms with E-state index in [4.69, 9.17) is 23.2 Å². The van der Waals surface area contributed by atoms with Gasteiger partial charge in [0.1, 0.15) is 0 Å². The van der Waals surface area contributed by atoms with Crippen LogP contribution in [-0.4, -0.2) is 5.91 Å². The van der Waals surface area contributed by atoms with Crippen LogP contribution in [0, 0.1) is 0 Å². The highest BCUT2D eigenvalue weighted by molar-refractivity contribution is 6.42. The molecular weight excluding hydrogens is 365 g/mol. The number of fused-ring (bicyclic) bond motifs is 1. The SMILES string of the molecule is CCC(NC(=O)CCc1ccc(Cl)c(Cl)c1)c1ccc2c(c1)CCCC2. The lowest BCUT2D eigenvalue weighted by atomic mass is 9.89. The number of carbonyl (C=O) groups is 1. The Balaban J connectivity index is 1.60. The molecule has 138 valence electrons. The van der Waals surface area contributed by atoms with Crippen molar-refractivity contribution in [3.05, 3.63) is 68.7 Å². The van der Waals surface area contributed by atoms with Crippen molar-refractivity contribution in [2.75, 3.05) is 0 Å². The van der Waals surface area contributed by atoms with Crippen LogP contribution in [-0.2, 0) is 24.1 Å². The second-order valence-corrected chi connectivity index (χ2v) is 7.83. The molecule has 0 aromatic heterocycles. The van der Waals surface area contributed by atoms with E-state index >= 15 is 0 Å². The first-order valence-electron chi connectivity index (χ1n) is 9.42. The number of hydrogen-bond acceptors (Lipinski definition) is 1. The summed E-state index contributed by atoms with van der Waals surface area (Å²) in [5, 5.41) is 4.26. The van der Waals surface area contributed by atoms with Crippen molar-refractivity contribution in [3.8, 4) is 0 Å². The predicted molar refractivity (Wildman–Crippen MR) is 109 cm³/mol. The average molecular weight is 390 g/mol. The van der Waals surface area contributed by atoms with Gasteiger partial charge in [-0.1, -0.05) is 54.4 Å². The van der Waals surface area contributed by atoms with Crippen molar-refractivity contribution in [1.82, 2.24) is 5.32 Å². The number of hydrogen-bond donors (Lipinski definition) is 1. The lowest BCUT2D eigenvalue weighted by molar-refractivity contribution is -0.121. The van der Waals surface area contributed by atoms with Gasteiger partial charge in [0.2, 0.25) is 5.91 Å². The minimum atomic E-state index is 0.0700. The number of nitrogens with one attached hydrogen (secondary N) is 1. The Hall–Kier alpha value is -1.51. The van der Waals surface area contributed by atoms with E-state index in [-0.39, 0.29) is 11.9 Å². The third-order valence-electron chi connectivity index (χ3n) is 5.14. The Morgan fingerprint density at radius 2 is 1.81 bits per heavy atom. The van der Waals surface area contributed by atoms with Gasteiger partial charge in [0.15, 0.2) is 0 Å². The molecular formula is C22H25Cl2NO. The Bertz CT molecular complexity index is 788. The van der Waals surface area contributed by atoms with Crippen LogP contribution in [0.2, 0.25) is 10.0 Å². The summed E-state index contributed by atoms with van der Waals surface area (Å²) in [6.07, 6.45) is 6.88. The van der Waals surface area contributed by atoms with Crippen LogP contribution < -0.4 is 5.32 Å². The Morgan fingerprint density at radius 3 is 2.54 bits per heavy atom. The summed E-state index contributed by atoms with van der Waals surface area (Å²) in [7, 11) is 0. The van der Waals surface area contributed by atoms with Crippen LogP contribution in [0.1, 0.15) is 60.9 Å². The third-order valence-corrected chi connectivity index (χ3v) is 5.88. The Labute approximate surface area is 165 Å². The van der Waals surface area contributed by atoms with Crippen molar-refractivity contribution in [3.63, 3.8) is 0 Å². The number of rotatable bonds is 6. The van der Waals surface area contributed by atoms with Gasteiger partial charge in [0.05, 0.1) is 16.1 Å². The zero-order chi connectivity index (χ0) is 18.5. The Kier molecular flexibility index (Phi) is 6.61. The second-order valence-electron chi connectivity index (χ2n) is 7.01. The monoisotopic (exact) mass is 389 g/mol. The van der Waals surface area contributed by atoms with Crippen LogP contribution in [0.25, 0.3) is 0 Å². The van der Waals surface area contributed by atoms with E-state index in [0.29, 0.717) is 22.9 Å². The molecule has 0 saturated heterocycles. The molecule has 1 amide bonds. The van der Waals surface area contributed by atoms with E-state index in [1.54, 1.807) is 6.07 Å². The highest BCUT2D eigenvalue weighted by Gasteiger charge is 2.16. The lowest BCUT2D eigenvalue weighted by Crippen LogP contribution is -2.28. The van der Waals surface area contributed by atoms with E-state index in [2.05, 4.69) is 30.4 Å². The van der Waals surface area contributed by atoms with Crippen LogP contribution in [0.15, 0.2) is 36.4 Å². The van der Waals surface area contributed by atoms with E-state index in [1.807, 2.05) is 12.1 Å². The van der Waals surface area contributed by atoms with Gasteiger partial charge in [-0.15, -0.1) is 0 Å². The van der Waals surface area contributed by atoms with Crippen molar-refractivity contribution >= 4 is 29.1 Å². The molecule has 0 aliphatic heterocycles. The minimum absolute atomic E-state index is 0.0700. The van der Waals surface area contributed by atoms with Gasteiger partial charge in [-0.2, -0.15) is 0 Å². The van der Waals surface area contributed by atoms with Gasteiger partial charge in [0.25, 0.3) is 0 Å². The highest BCUT2D eigenvalue weighted by Crippen LogP contribution is 2.26. The van der Waals surface area contributed by atoms with Crippen molar-refractivity contribution in [2.24, 2.45) is 0 Å². The maximum Gasteiger partial charge on any atom is 0.220 e. The fraction of sp³-hybridized carbons (Fsp3) is 0.409. The molecule has 2 nitrogen and oxygen atoms in total. The first-order chi connectivity index (χ1) is 12.6. The molecule has 0 bridgehead atoms. The largest absolute Gasteiger partial charge is 0.349 e.